The maximum Gasteiger partial charge on any atom is 0.205 e. The summed E-state index contributed by atoms with van der Waals surface area (Å²) in [6, 6.07) is 0. The van der Waals surface area contributed by atoms with Gasteiger partial charge in [0.2, 0.25) is 5.75 Å². The Morgan fingerprint density at radius 1 is 1.61 bits per heavy atom. The van der Waals surface area contributed by atoms with Gasteiger partial charge in [-0.1, -0.05) is 0 Å². The van der Waals surface area contributed by atoms with E-state index in [1.807, 2.05) is 6.92 Å². The predicted octanol–water partition coefficient (Wildman–Crippen LogP) is -0.0221. The summed E-state index contributed by atoms with van der Waals surface area (Å²) in [4.78, 5) is 10.3. The molecule has 2 unspecified atom stereocenters. The smallest absolute Gasteiger partial charge is 0.205 e. The van der Waals surface area contributed by atoms with E-state index in [0.717, 1.165) is 19.5 Å². The first-order chi connectivity index (χ1) is 8.67. The van der Waals surface area contributed by atoms with E-state index in [0.29, 0.717) is 17.4 Å². The maximum atomic E-state index is 9.62. The van der Waals surface area contributed by atoms with Gasteiger partial charge in [0.1, 0.15) is 6.33 Å². The number of nitrogens with one attached hydrogen (secondary N) is 1. The number of aliphatic hydroxyl groups is 1. The van der Waals surface area contributed by atoms with Crippen molar-refractivity contribution in [2.24, 2.45) is 11.8 Å². The number of ether oxygens (including phenoxy) is 1. The van der Waals surface area contributed by atoms with Gasteiger partial charge < -0.3 is 20.2 Å². The number of nitrogens with two attached hydrogens (primary N) is 1. The lowest BCUT2D eigenvalue weighted by atomic mass is 10.0. The Morgan fingerprint density at radius 3 is 2.94 bits per heavy atom. The van der Waals surface area contributed by atoms with E-state index in [1.165, 1.54) is 6.33 Å². The van der Waals surface area contributed by atoms with Crippen molar-refractivity contribution in [3.63, 3.8) is 0 Å². The lowest BCUT2D eigenvalue weighted by molar-refractivity contribution is 0.136. The number of hydrogen-bond donors (Lipinski definition) is 3. The van der Waals surface area contributed by atoms with Crippen molar-refractivity contribution < 1.29 is 9.84 Å². The van der Waals surface area contributed by atoms with Gasteiger partial charge in [0.15, 0.2) is 11.6 Å². The first-order valence-electron chi connectivity index (χ1n) is 5.96. The summed E-state index contributed by atoms with van der Waals surface area (Å²) in [5.41, 5.74) is 2.49. The van der Waals surface area contributed by atoms with E-state index in [2.05, 4.69) is 20.3 Å². The second kappa shape index (κ2) is 5.36. The molecule has 100 valence electrons. The molecule has 2 atom stereocenters. The minimum absolute atomic E-state index is 0.263. The predicted molar refractivity (Wildman–Crippen MR) is 68.4 cm³/mol. The molecule has 18 heavy (non-hydrogen) atoms. The Bertz CT molecular complexity index is 412. The molecule has 0 aliphatic carbocycles. The third kappa shape index (κ3) is 2.32. The van der Waals surface area contributed by atoms with Crippen LogP contribution >= 0.6 is 0 Å². The fraction of sp³-hybridized carbons (Fsp3) is 0.636. The van der Waals surface area contributed by atoms with Gasteiger partial charge >= 0.3 is 0 Å². The summed E-state index contributed by atoms with van der Waals surface area (Å²) in [6.07, 6.45) is 2.08. The molecule has 1 aliphatic heterocycles. The van der Waals surface area contributed by atoms with Crippen LogP contribution in [0.25, 0.3) is 0 Å². The van der Waals surface area contributed by atoms with E-state index in [-0.39, 0.29) is 12.0 Å². The van der Waals surface area contributed by atoms with Gasteiger partial charge in [-0.05, 0) is 13.3 Å². The molecule has 1 saturated heterocycles. The molecule has 1 aromatic rings. The van der Waals surface area contributed by atoms with Gasteiger partial charge in [0.05, 0.1) is 13.2 Å². The topological polar surface area (TPSA) is 96.5 Å². The second-order valence-electron chi connectivity index (χ2n) is 4.46. The normalized spacial score (nSPS) is 20.9. The van der Waals surface area contributed by atoms with Crippen molar-refractivity contribution in [1.29, 1.82) is 0 Å². The van der Waals surface area contributed by atoms with Crippen LogP contribution in [-0.2, 0) is 0 Å². The van der Waals surface area contributed by atoms with E-state index in [1.54, 1.807) is 7.11 Å². The SMILES string of the molecule is COc1c(NN)ncnc1N1CCC(C(C)O)C1. The lowest BCUT2D eigenvalue weighted by Crippen LogP contribution is -2.25. The fourth-order valence-corrected chi connectivity index (χ4v) is 2.25. The van der Waals surface area contributed by atoms with Crippen LogP contribution in [0, 0.1) is 5.92 Å². The Morgan fingerprint density at radius 2 is 2.39 bits per heavy atom. The van der Waals surface area contributed by atoms with Crippen LogP contribution in [0.15, 0.2) is 6.33 Å². The second-order valence-corrected chi connectivity index (χ2v) is 4.46. The molecule has 1 aliphatic rings. The molecule has 0 saturated carbocycles. The Labute approximate surface area is 106 Å². The van der Waals surface area contributed by atoms with E-state index >= 15 is 0 Å². The molecule has 4 N–H and O–H groups in total. The molecule has 0 radical (unpaired) electrons. The first kappa shape index (κ1) is 12.8. The van der Waals surface area contributed by atoms with E-state index in [4.69, 9.17) is 10.6 Å². The minimum Gasteiger partial charge on any atom is -0.490 e. The zero-order valence-corrected chi connectivity index (χ0v) is 10.6. The molecule has 0 amide bonds. The monoisotopic (exact) mass is 253 g/mol. The van der Waals surface area contributed by atoms with Crippen LogP contribution in [0.5, 0.6) is 5.75 Å². The highest BCUT2D eigenvalue weighted by Crippen LogP contribution is 2.34. The third-order valence-electron chi connectivity index (χ3n) is 3.33. The molecule has 0 aromatic carbocycles. The molecule has 7 heteroatoms. The zero-order chi connectivity index (χ0) is 13.1. The van der Waals surface area contributed by atoms with Gasteiger partial charge in [0.25, 0.3) is 0 Å². The molecular weight excluding hydrogens is 234 g/mol. The highest BCUT2D eigenvalue weighted by molar-refractivity contribution is 5.64. The van der Waals surface area contributed by atoms with Crippen LogP contribution in [0.2, 0.25) is 0 Å². The number of aliphatic hydroxyl groups excluding tert-OH is 1. The van der Waals surface area contributed by atoms with Crippen LogP contribution in [0.3, 0.4) is 0 Å². The molecule has 2 heterocycles. The van der Waals surface area contributed by atoms with Crippen molar-refractivity contribution >= 4 is 11.6 Å². The number of methoxy groups -OCH3 is 1. The van der Waals surface area contributed by atoms with Gasteiger partial charge in [0, 0.05) is 19.0 Å². The number of anilines is 2. The molecule has 1 aromatic heterocycles. The van der Waals surface area contributed by atoms with Crippen molar-refractivity contribution in [3.8, 4) is 5.75 Å². The highest BCUT2D eigenvalue weighted by atomic mass is 16.5. The quantitative estimate of drug-likeness (QED) is 0.512. The van der Waals surface area contributed by atoms with Gasteiger partial charge in [-0.2, -0.15) is 0 Å². The zero-order valence-electron chi connectivity index (χ0n) is 10.6. The van der Waals surface area contributed by atoms with E-state index < -0.39 is 0 Å². The Hall–Kier alpha value is -1.60. The minimum atomic E-state index is -0.310. The van der Waals surface area contributed by atoms with Crippen LogP contribution in [0.4, 0.5) is 11.6 Å². The lowest BCUT2D eigenvalue weighted by Gasteiger charge is -2.21. The van der Waals surface area contributed by atoms with Crippen molar-refractivity contribution in [2.45, 2.75) is 19.4 Å². The van der Waals surface area contributed by atoms with Crippen LogP contribution in [-0.4, -0.2) is 41.4 Å². The maximum absolute atomic E-state index is 9.62. The average molecular weight is 253 g/mol. The summed E-state index contributed by atoms with van der Waals surface area (Å²) >= 11 is 0. The Balaban J connectivity index is 2.24. The molecule has 2 rings (SSSR count). The number of nitrogen functional groups attached to an aromatic ring is 1. The largest absolute Gasteiger partial charge is 0.490 e. The van der Waals surface area contributed by atoms with Crippen LogP contribution < -0.4 is 20.9 Å². The highest BCUT2D eigenvalue weighted by Gasteiger charge is 2.29. The summed E-state index contributed by atoms with van der Waals surface area (Å²) < 4.78 is 5.30. The number of nitrogens with zero attached hydrogens (tertiary/aromatic N) is 3. The molecule has 1 fully saturated rings. The number of aromatic nitrogens is 2. The summed E-state index contributed by atoms with van der Waals surface area (Å²) in [6.45, 7) is 3.42. The number of rotatable bonds is 4. The van der Waals surface area contributed by atoms with E-state index in [9.17, 15) is 5.11 Å². The van der Waals surface area contributed by atoms with Crippen molar-refractivity contribution in [1.82, 2.24) is 9.97 Å². The summed E-state index contributed by atoms with van der Waals surface area (Å²) in [7, 11) is 1.56. The van der Waals surface area contributed by atoms with Gasteiger partial charge in [-0.15, -0.1) is 0 Å². The number of hydrazine groups is 1. The first-order valence-corrected chi connectivity index (χ1v) is 5.96. The average Bonchev–Trinajstić information content (AvgIpc) is 2.87. The standard InChI is InChI=1S/C11H19N5O2/c1-7(17)8-3-4-16(5-8)11-9(18-2)10(15-12)13-6-14-11/h6-8,17H,3-5,12H2,1-2H3,(H,13,14,15). The summed E-state index contributed by atoms with van der Waals surface area (Å²) in [5.74, 6) is 7.36. The summed E-state index contributed by atoms with van der Waals surface area (Å²) in [5, 5.41) is 9.62. The molecular formula is C11H19N5O2. The van der Waals surface area contributed by atoms with Gasteiger partial charge in [-0.25, -0.2) is 15.8 Å². The fourth-order valence-electron chi connectivity index (χ4n) is 2.25. The van der Waals surface area contributed by atoms with Crippen molar-refractivity contribution in [2.75, 3.05) is 30.5 Å². The van der Waals surface area contributed by atoms with Crippen LogP contribution in [0.1, 0.15) is 13.3 Å². The molecule has 0 spiro atoms. The van der Waals surface area contributed by atoms with Gasteiger partial charge in [-0.3, -0.25) is 0 Å². The van der Waals surface area contributed by atoms with Crippen molar-refractivity contribution in [3.05, 3.63) is 6.33 Å². The molecule has 0 bridgehead atoms. The number of hydrogen-bond acceptors (Lipinski definition) is 7. The Kier molecular flexibility index (Phi) is 3.83. The molecule has 7 nitrogen and oxygen atoms in total. The third-order valence-corrected chi connectivity index (χ3v) is 3.33.